The highest BCUT2D eigenvalue weighted by molar-refractivity contribution is 7.80. The lowest BCUT2D eigenvalue weighted by atomic mass is 10.0. The van der Waals surface area contributed by atoms with E-state index in [0.29, 0.717) is 17.1 Å². The minimum atomic E-state index is 0.401. The number of hydrogen-bond acceptors (Lipinski definition) is 2. The molecule has 0 aliphatic heterocycles. The first-order chi connectivity index (χ1) is 11.0. The molecule has 0 aliphatic rings. The highest BCUT2D eigenvalue weighted by Gasteiger charge is 2.18. The van der Waals surface area contributed by atoms with E-state index in [1.54, 1.807) is 11.3 Å². The summed E-state index contributed by atoms with van der Waals surface area (Å²) in [5.74, 6) is 0.545. The third kappa shape index (κ3) is 5.30. The van der Waals surface area contributed by atoms with Crippen molar-refractivity contribution < 1.29 is 4.90 Å². The standard InChI is InChI=1S/C18H25N3S2/c1-13(2)14-7-9-15(10-8-14)20-18(22)19-12-16(21(3)4)17-6-5-11-23-17/h5-11,13,16H,12H2,1-4H3,(H2,19,20,22)/p+1/t16-/m0/s1. The Hall–Kier alpha value is -1.43. The van der Waals surface area contributed by atoms with Gasteiger partial charge in [0.1, 0.15) is 6.04 Å². The number of thiocarbonyl (C=S) groups is 1. The van der Waals surface area contributed by atoms with E-state index in [1.807, 2.05) is 0 Å². The number of anilines is 1. The van der Waals surface area contributed by atoms with E-state index >= 15 is 0 Å². The highest BCUT2D eigenvalue weighted by Crippen LogP contribution is 2.17. The van der Waals surface area contributed by atoms with Gasteiger partial charge in [-0.05, 0) is 47.3 Å². The van der Waals surface area contributed by atoms with Crippen LogP contribution in [0.15, 0.2) is 41.8 Å². The summed E-state index contributed by atoms with van der Waals surface area (Å²) in [6.07, 6.45) is 0. The first kappa shape index (κ1) is 17.9. The van der Waals surface area contributed by atoms with Crippen LogP contribution >= 0.6 is 23.6 Å². The first-order valence-corrected chi connectivity index (χ1v) is 9.24. The maximum atomic E-state index is 5.43. The molecule has 23 heavy (non-hydrogen) atoms. The van der Waals surface area contributed by atoms with E-state index in [0.717, 1.165) is 12.2 Å². The molecule has 0 fully saturated rings. The molecule has 1 atom stereocenters. The molecule has 2 rings (SSSR count). The Morgan fingerprint density at radius 1 is 1.17 bits per heavy atom. The van der Waals surface area contributed by atoms with Crippen molar-refractivity contribution in [3.8, 4) is 0 Å². The van der Waals surface area contributed by atoms with Gasteiger partial charge in [0, 0.05) is 5.69 Å². The Morgan fingerprint density at radius 3 is 2.39 bits per heavy atom. The fourth-order valence-electron chi connectivity index (χ4n) is 2.40. The second-order valence-corrected chi connectivity index (χ2v) is 7.64. The monoisotopic (exact) mass is 348 g/mol. The van der Waals surface area contributed by atoms with Gasteiger partial charge in [-0.25, -0.2) is 0 Å². The topological polar surface area (TPSA) is 28.5 Å². The number of hydrogen-bond donors (Lipinski definition) is 3. The third-order valence-electron chi connectivity index (χ3n) is 3.89. The van der Waals surface area contributed by atoms with Crippen LogP contribution in [0.2, 0.25) is 0 Å². The van der Waals surface area contributed by atoms with Gasteiger partial charge in [-0.15, -0.1) is 11.3 Å². The molecule has 0 amide bonds. The highest BCUT2D eigenvalue weighted by atomic mass is 32.1. The Labute approximate surface area is 148 Å². The van der Waals surface area contributed by atoms with Gasteiger partial charge in [0.2, 0.25) is 0 Å². The van der Waals surface area contributed by atoms with Crippen LogP contribution in [0.1, 0.15) is 36.2 Å². The van der Waals surface area contributed by atoms with Crippen LogP contribution in [-0.2, 0) is 0 Å². The van der Waals surface area contributed by atoms with Crippen LogP contribution in [0.4, 0.5) is 5.69 Å². The van der Waals surface area contributed by atoms with Crippen molar-refractivity contribution in [3.63, 3.8) is 0 Å². The van der Waals surface area contributed by atoms with E-state index in [2.05, 4.69) is 80.4 Å². The van der Waals surface area contributed by atoms with E-state index in [4.69, 9.17) is 12.2 Å². The van der Waals surface area contributed by atoms with Gasteiger partial charge in [0.25, 0.3) is 0 Å². The average molecular weight is 349 g/mol. The molecule has 3 nitrogen and oxygen atoms in total. The Bertz CT molecular complexity index is 604. The van der Waals surface area contributed by atoms with Crippen molar-refractivity contribution in [3.05, 3.63) is 52.2 Å². The summed E-state index contributed by atoms with van der Waals surface area (Å²) in [5.41, 5.74) is 2.36. The van der Waals surface area contributed by atoms with Gasteiger partial charge in [-0.3, -0.25) is 0 Å². The normalized spacial score (nSPS) is 12.4. The fourth-order valence-corrected chi connectivity index (χ4v) is 3.56. The molecule has 0 unspecified atom stereocenters. The summed E-state index contributed by atoms with van der Waals surface area (Å²) in [6.45, 7) is 5.21. The van der Waals surface area contributed by atoms with E-state index < -0.39 is 0 Å². The molecule has 0 spiro atoms. The van der Waals surface area contributed by atoms with Gasteiger partial charge < -0.3 is 15.5 Å². The van der Waals surface area contributed by atoms with Gasteiger partial charge in [-0.1, -0.05) is 32.0 Å². The number of thiophene rings is 1. The lowest BCUT2D eigenvalue weighted by Gasteiger charge is -2.21. The SMILES string of the molecule is CC(C)c1ccc(NC(=S)NC[C@@H](c2cccs2)[NH+](C)C)cc1. The summed E-state index contributed by atoms with van der Waals surface area (Å²) >= 11 is 7.22. The quantitative estimate of drug-likeness (QED) is 0.701. The van der Waals surface area contributed by atoms with Crippen molar-refractivity contribution in [1.29, 1.82) is 0 Å². The molecule has 1 aromatic carbocycles. The molecule has 0 saturated heterocycles. The average Bonchev–Trinajstić information content (AvgIpc) is 3.01. The number of quaternary nitrogens is 1. The molecule has 1 heterocycles. The van der Waals surface area contributed by atoms with Gasteiger partial charge >= 0.3 is 0 Å². The molecule has 1 aromatic heterocycles. The van der Waals surface area contributed by atoms with Gasteiger partial charge in [0.15, 0.2) is 5.11 Å². The van der Waals surface area contributed by atoms with Crippen LogP contribution < -0.4 is 15.5 Å². The smallest absolute Gasteiger partial charge is 0.171 e. The van der Waals surface area contributed by atoms with E-state index in [9.17, 15) is 0 Å². The molecule has 0 bridgehead atoms. The van der Waals surface area contributed by atoms with Crippen LogP contribution in [0.25, 0.3) is 0 Å². The van der Waals surface area contributed by atoms with Gasteiger partial charge in [0.05, 0.1) is 25.5 Å². The summed E-state index contributed by atoms with van der Waals surface area (Å²) in [7, 11) is 4.35. The molecule has 0 saturated carbocycles. The van der Waals surface area contributed by atoms with Crippen LogP contribution in [0.3, 0.4) is 0 Å². The predicted octanol–water partition coefficient (Wildman–Crippen LogP) is 3.04. The predicted molar refractivity (Wildman–Crippen MR) is 105 cm³/mol. The fraction of sp³-hybridized carbons (Fsp3) is 0.389. The number of likely N-dealkylation sites (N-methyl/N-ethyl adjacent to an activating group) is 1. The first-order valence-electron chi connectivity index (χ1n) is 7.95. The lowest BCUT2D eigenvalue weighted by Crippen LogP contribution is -3.06. The van der Waals surface area contributed by atoms with Crippen molar-refractivity contribution >= 4 is 34.4 Å². The van der Waals surface area contributed by atoms with Crippen molar-refractivity contribution in [1.82, 2.24) is 5.32 Å². The van der Waals surface area contributed by atoms with E-state index in [-0.39, 0.29) is 0 Å². The molecule has 2 aromatic rings. The van der Waals surface area contributed by atoms with Gasteiger partial charge in [-0.2, -0.15) is 0 Å². The van der Waals surface area contributed by atoms with E-state index in [1.165, 1.54) is 15.3 Å². The number of rotatable bonds is 6. The zero-order valence-electron chi connectivity index (χ0n) is 14.2. The molecular formula is C18H26N3S2+. The Balaban J connectivity index is 1.89. The number of benzene rings is 1. The zero-order valence-corrected chi connectivity index (χ0v) is 15.9. The largest absolute Gasteiger partial charge is 0.356 e. The van der Waals surface area contributed by atoms with Crippen LogP contribution in [0.5, 0.6) is 0 Å². The maximum Gasteiger partial charge on any atom is 0.171 e. The Morgan fingerprint density at radius 2 is 1.87 bits per heavy atom. The van der Waals surface area contributed by atoms with Crippen molar-refractivity contribution in [2.75, 3.05) is 26.0 Å². The third-order valence-corrected chi connectivity index (χ3v) is 5.12. The van der Waals surface area contributed by atoms with Crippen molar-refractivity contribution in [2.45, 2.75) is 25.8 Å². The number of nitrogens with one attached hydrogen (secondary N) is 3. The summed E-state index contributed by atoms with van der Waals surface area (Å²) in [6, 6.07) is 13.1. The second-order valence-electron chi connectivity index (χ2n) is 6.26. The Kier molecular flexibility index (Phi) is 6.57. The van der Waals surface area contributed by atoms with Crippen LogP contribution in [-0.4, -0.2) is 25.8 Å². The van der Waals surface area contributed by atoms with Crippen molar-refractivity contribution in [2.24, 2.45) is 0 Å². The maximum absolute atomic E-state index is 5.43. The summed E-state index contributed by atoms with van der Waals surface area (Å²) in [5, 5.41) is 9.40. The molecule has 124 valence electrons. The summed E-state index contributed by atoms with van der Waals surface area (Å²) < 4.78 is 0. The van der Waals surface area contributed by atoms with Crippen LogP contribution in [0, 0.1) is 0 Å². The molecular weight excluding hydrogens is 322 g/mol. The minimum absolute atomic E-state index is 0.401. The molecule has 0 radical (unpaired) electrons. The zero-order chi connectivity index (χ0) is 16.8. The lowest BCUT2D eigenvalue weighted by molar-refractivity contribution is -0.890. The summed E-state index contributed by atoms with van der Waals surface area (Å²) in [4.78, 5) is 2.77. The molecule has 5 heteroatoms. The molecule has 0 aliphatic carbocycles. The second kappa shape index (κ2) is 8.43. The molecule has 3 N–H and O–H groups in total. The minimum Gasteiger partial charge on any atom is -0.356 e.